The van der Waals surface area contributed by atoms with Crippen LogP contribution < -0.4 is 5.73 Å². The number of nitrogens with zero attached hydrogens (tertiary/aromatic N) is 6. The molecule has 7 nitrogen and oxygen atoms in total. The molecule has 1 aromatic carbocycles. The maximum Gasteiger partial charge on any atom is 0.187 e. The maximum atomic E-state index is 7.29. The molecule has 0 atom stereocenters. The van der Waals surface area contributed by atoms with Gasteiger partial charge in [0.2, 0.25) is 0 Å². The van der Waals surface area contributed by atoms with Crippen molar-refractivity contribution in [3.63, 3.8) is 0 Å². The lowest BCUT2D eigenvalue weighted by Crippen LogP contribution is -2.05. The van der Waals surface area contributed by atoms with E-state index in [-0.39, 0.29) is 0 Å². The van der Waals surface area contributed by atoms with E-state index in [4.69, 9.17) is 12.3 Å². The van der Waals surface area contributed by atoms with Crippen LogP contribution in [0.25, 0.3) is 16.2 Å². The first-order valence-corrected chi connectivity index (χ1v) is 8.68. The third-order valence-corrected chi connectivity index (χ3v) is 4.48. The molecule has 1 saturated carbocycles. The summed E-state index contributed by atoms with van der Waals surface area (Å²) in [6, 6.07) is 5.57. The summed E-state index contributed by atoms with van der Waals surface area (Å²) in [5, 5.41) is 8.50. The van der Waals surface area contributed by atoms with Crippen molar-refractivity contribution < 1.29 is 0 Å². The first-order valence-electron chi connectivity index (χ1n) is 8.68. The molecule has 2 aromatic heterocycles. The molecule has 0 unspecified atom stereocenters. The van der Waals surface area contributed by atoms with Crippen LogP contribution in [0.15, 0.2) is 36.8 Å². The van der Waals surface area contributed by atoms with Gasteiger partial charge in [0.1, 0.15) is 0 Å². The molecule has 0 saturated heterocycles. The van der Waals surface area contributed by atoms with Crippen LogP contribution in [0.3, 0.4) is 0 Å². The zero-order valence-electron chi connectivity index (χ0n) is 14.3. The molecule has 2 N–H and O–H groups in total. The van der Waals surface area contributed by atoms with Gasteiger partial charge >= 0.3 is 0 Å². The van der Waals surface area contributed by atoms with E-state index in [1.54, 1.807) is 6.07 Å². The fourth-order valence-corrected chi connectivity index (χ4v) is 2.92. The molecule has 130 valence electrons. The number of rotatable bonds is 6. The van der Waals surface area contributed by atoms with Gasteiger partial charge in [-0.3, -0.25) is 0 Å². The number of benzene rings is 1. The Morgan fingerprint density at radius 1 is 1.23 bits per heavy atom. The number of hydrogen-bond acceptors (Lipinski definition) is 5. The van der Waals surface area contributed by atoms with Crippen LogP contribution in [0, 0.1) is 6.57 Å². The molecule has 0 amide bonds. The Bertz CT molecular complexity index is 949. The summed E-state index contributed by atoms with van der Waals surface area (Å²) < 4.78 is 1.82. The lowest BCUT2D eigenvalue weighted by Gasteiger charge is -2.10. The lowest BCUT2D eigenvalue weighted by molar-refractivity contribution is 0.650. The highest BCUT2D eigenvalue weighted by molar-refractivity contribution is 5.65. The average molecular weight is 345 g/mol. The summed E-state index contributed by atoms with van der Waals surface area (Å²) >= 11 is 0. The highest BCUT2D eigenvalue weighted by Gasteiger charge is 2.26. The molecule has 1 aliphatic rings. The SMILES string of the molecule is [C-]#[N+]c1ccc(-c2ncc(CCN)cn2)c(Cn2cc(C3CC3)nn2)c1. The van der Waals surface area contributed by atoms with Crippen LogP contribution in [0.2, 0.25) is 0 Å². The van der Waals surface area contributed by atoms with Crippen LogP contribution >= 0.6 is 0 Å². The minimum absolute atomic E-state index is 0.534. The highest BCUT2D eigenvalue weighted by atomic mass is 15.4. The van der Waals surface area contributed by atoms with Crippen molar-refractivity contribution in [2.24, 2.45) is 5.73 Å². The molecular weight excluding hydrogens is 326 g/mol. The number of aromatic nitrogens is 5. The van der Waals surface area contributed by atoms with E-state index in [9.17, 15) is 0 Å². The van der Waals surface area contributed by atoms with E-state index in [1.165, 1.54) is 12.8 Å². The fraction of sp³-hybridized carbons (Fsp3) is 0.316. The van der Waals surface area contributed by atoms with Gasteiger partial charge in [-0.2, -0.15) is 0 Å². The van der Waals surface area contributed by atoms with Gasteiger partial charge in [0.05, 0.1) is 18.8 Å². The highest BCUT2D eigenvalue weighted by Crippen LogP contribution is 2.38. The zero-order valence-corrected chi connectivity index (χ0v) is 14.3. The molecule has 2 heterocycles. The minimum Gasteiger partial charge on any atom is -0.330 e. The van der Waals surface area contributed by atoms with Crippen molar-refractivity contribution >= 4 is 5.69 Å². The Morgan fingerprint density at radius 3 is 2.73 bits per heavy atom. The average Bonchev–Trinajstić information content (AvgIpc) is 3.42. The topological polar surface area (TPSA) is 86.9 Å². The van der Waals surface area contributed by atoms with Crippen LogP contribution in [-0.4, -0.2) is 31.5 Å². The van der Waals surface area contributed by atoms with Gasteiger partial charge in [-0.1, -0.05) is 23.4 Å². The molecule has 1 fully saturated rings. The summed E-state index contributed by atoms with van der Waals surface area (Å²) in [6.45, 7) is 8.39. The second kappa shape index (κ2) is 7.02. The normalized spacial score (nSPS) is 13.5. The van der Waals surface area contributed by atoms with Crippen molar-refractivity contribution in [3.05, 3.63) is 65.0 Å². The van der Waals surface area contributed by atoms with Gasteiger partial charge in [-0.25, -0.2) is 19.5 Å². The molecule has 0 bridgehead atoms. The maximum absolute atomic E-state index is 7.29. The number of nitrogens with two attached hydrogens (primary N) is 1. The van der Waals surface area contributed by atoms with E-state index in [0.29, 0.717) is 30.5 Å². The van der Waals surface area contributed by atoms with Crippen molar-refractivity contribution in [1.29, 1.82) is 0 Å². The zero-order chi connectivity index (χ0) is 17.9. The van der Waals surface area contributed by atoms with Crippen molar-refractivity contribution in [2.45, 2.75) is 31.7 Å². The van der Waals surface area contributed by atoms with E-state index in [0.717, 1.165) is 28.8 Å². The Labute approximate surface area is 151 Å². The summed E-state index contributed by atoms with van der Waals surface area (Å²) in [7, 11) is 0. The first-order chi connectivity index (χ1) is 12.8. The molecule has 4 rings (SSSR count). The van der Waals surface area contributed by atoms with Crippen molar-refractivity contribution in [1.82, 2.24) is 25.0 Å². The molecule has 0 spiro atoms. The molecular formula is C19H19N7. The third kappa shape index (κ3) is 3.46. The lowest BCUT2D eigenvalue weighted by atomic mass is 10.1. The monoisotopic (exact) mass is 345 g/mol. The predicted octanol–water partition coefficient (Wildman–Crippen LogP) is 2.71. The van der Waals surface area contributed by atoms with Crippen LogP contribution in [0.1, 0.15) is 35.6 Å². The molecule has 26 heavy (non-hydrogen) atoms. The van der Waals surface area contributed by atoms with Gasteiger partial charge in [0, 0.05) is 30.1 Å². The van der Waals surface area contributed by atoms with Crippen LogP contribution in [0.4, 0.5) is 5.69 Å². The van der Waals surface area contributed by atoms with E-state index in [2.05, 4.69) is 25.1 Å². The van der Waals surface area contributed by atoms with Gasteiger partial charge in [-0.05, 0) is 36.9 Å². The van der Waals surface area contributed by atoms with Crippen LogP contribution in [-0.2, 0) is 13.0 Å². The van der Waals surface area contributed by atoms with E-state index in [1.807, 2.05) is 35.4 Å². The quantitative estimate of drug-likeness (QED) is 0.694. The second-order valence-electron chi connectivity index (χ2n) is 6.52. The Hall–Kier alpha value is -3.11. The smallest absolute Gasteiger partial charge is 0.187 e. The molecule has 3 aromatic rings. The van der Waals surface area contributed by atoms with Crippen molar-refractivity contribution in [3.8, 4) is 11.4 Å². The molecule has 0 radical (unpaired) electrons. The molecule has 7 heteroatoms. The van der Waals surface area contributed by atoms with E-state index < -0.39 is 0 Å². The van der Waals surface area contributed by atoms with Gasteiger partial charge < -0.3 is 5.73 Å². The van der Waals surface area contributed by atoms with Crippen LogP contribution in [0.5, 0.6) is 0 Å². The largest absolute Gasteiger partial charge is 0.330 e. The van der Waals surface area contributed by atoms with Gasteiger partial charge in [0.25, 0.3) is 0 Å². The Morgan fingerprint density at radius 2 is 2.04 bits per heavy atom. The molecule has 0 aliphatic heterocycles. The summed E-state index contributed by atoms with van der Waals surface area (Å²) in [4.78, 5) is 12.5. The van der Waals surface area contributed by atoms with Gasteiger partial charge in [0.15, 0.2) is 11.5 Å². The second-order valence-corrected chi connectivity index (χ2v) is 6.52. The standard InChI is InChI=1S/C19H19N7/c1-21-16-4-5-17(19-22-9-13(6-7-20)10-23-19)15(8-16)11-26-12-18(24-25-26)14-2-3-14/h4-5,8-10,12,14H,2-3,6-7,11,20H2. The summed E-state index contributed by atoms with van der Waals surface area (Å²) in [6.07, 6.45) is 8.76. The number of hydrogen-bond donors (Lipinski definition) is 1. The first kappa shape index (κ1) is 16.4. The van der Waals surface area contributed by atoms with Crippen molar-refractivity contribution in [2.75, 3.05) is 6.54 Å². The third-order valence-electron chi connectivity index (χ3n) is 4.48. The Kier molecular flexibility index (Phi) is 4.42. The summed E-state index contributed by atoms with van der Waals surface area (Å²) in [5.74, 6) is 1.20. The summed E-state index contributed by atoms with van der Waals surface area (Å²) in [5.41, 5.74) is 10.1. The fourth-order valence-electron chi connectivity index (χ4n) is 2.92. The predicted molar refractivity (Wildman–Crippen MR) is 97.6 cm³/mol. The minimum atomic E-state index is 0.534. The van der Waals surface area contributed by atoms with E-state index >= 15 is 0 Å². The Balaban J connectivity index is 1.66. The van der Waals surface area contributed by atoms with Gasteiger partial charge in [-0.15, -0.1) is 5.10 Å². The molecule has 1 aliphatic carbocycles.